The van der Waals surface area contributed by atoms with Gasteiger partial charge < -0.3 is 83.1 Å². The molecule has 1 amide bonds. The van der Waals surface area contributed by atoms with Gasteiger partial charge in [-0.25, -0.2) is 37.8 Å². The maximum absolute atomic E-state index is 13.7. The van der Waals surface area contributed by atoms with Gasteiger partial charge in [0, 0.05) is 115 Å². The molecule has 1 fully saturated rings. The smallest absolute Gasteiger partial charge is 0.478 e. The number of nitrogens with zero attached hydrogens (tertiary/aromatic N) is 5. The quantitative estimate of drug-likeness (QED) is 0.00279. The number of nitrogen functional groups attached to an aromatic ring is 1. The molecule has 0 aliphatic carbocycles. The molecule has 6 aliphatic heterocycles. The van der Waals surface area contributed by atoms with Crippen molar-refractivity contribution in [1.29, 1.82) is 0 Å². The number of fused-ring (bicyclic) bond motifs is 5. The number of phosphoric acid groups is 3. The maximum atomic E-state index is 13.7. The molecule has 5 aromatic rings. The van der Waals surface area contributed by atoms with Crippen LogP contribution in [0.15, 0.2) is 42.9 Å². The summed E-state index contributed by atoms with van der Waals surface area (Å²) >= 11 is 5.21. The molecule has 0 saturated carbocycles. The lowest BCUT2D eigenvalue weighted by Crippen LogP contribution is -2.45. The highest BCUT2D eigenvalue weighted by atomic mass is 33.1. The summed E-state index contributed by atoms with van der Waals surface area (Å²) in [5, 5.41) is 15.9. The number of carboxylic acid groups (broad SMARTS) is 1. The number of nitrogens with two attached hydrogens (primary N) is 1. The van der Waals surface area contributed by atoms with Gasteiger partial charge in [-0.3, -0.25) is 14.1 Å². The van der Waals surface area contributed by atoms with E-state index in [1.807, 2.05) is 6.07 Å². The van der Waals surface area contributed by atoms with Crippen molar-refractivity contribution in [2.45, 2.75) is 154 Å². The third-order valence-electron chi connectivity index (χ3n) is 18.7. The highest BCUT2D eigenvalue weighted by Crippen LogP contribution is 2.66. The Balaban J connectivity index is 0.000000230. The molecule has 3 unspecified atom stereocenters. The van der Waals surface area contributed by atoms with E-state index in [4.69, 9.17) is 69.1 Å². The second-order valence-electron chi connectivity index (χ2n) is 26.9. The molecular formula is C71H95N7O23P3S4+. The fourth-order valence-corrected chi connectivity index (χ4v) is 19.5. The fraction of sp³-hybridized carbons (Fsp3) is 0.563. The summed E-state index contributed by atoms with van der Waals surface area (Å²) < 4.78 is 97.9. The summed E-state index contributed by atoms with van der Waals surface area (Å²) in [7, 11) is -13.8. The second-order valence-corrected chi connectivity index (χ2v) is 37.4. The molecule has 1 saturated heterocycles. The Morgan fingerprint density at radius 1 is 0.843 bits per heavy atom. The van der Waals surface area contributed by atoms with Crippen LogP contribution in [0.25, 0.3) is 16.6 Å². The Bertz CT molecular complexity index is 4490. The average Bonchev–Trinajstić information content (AvgIpc) is 0.864. The van der Waals surface area contributed by atoms with Crippen molar-refractivity contribution in [3.63, 3.8) is 0 Å². The number of ketones is 1. The van der Waals surface area contributed by atoms with Crippen molar-refractivity contribution in [2.24, 2.45) is 0 Å². The van der Waals surface area contributed by atoms with E-state index in [-0.39, 0.29) is 66.1 Å². The van der Waals surface area contributed by atoms with Gasteiger partial charge >= 0.3 is 41.5 Å². The molecule has 6 aliphatic rings. The minimum Gasteiger partial charge on any atom is -0.478 e. The predicted octanol–water partition coefficient (Wildman–Crippen LogP) is 9.26. The molecule has 590 valence electrons. The molecular weight excluding hydrogens is 1540 g/mol. The first kappa shape index (κ1) is 84.7. The lowest BCUT2D eigenvalue weighted by atomic mass is 9.81. The van der Waals surface area contributed by atoms with E-state index in [0.717, 1.165) is 118 Å². The number of ether oxygens (including phenoxy) is 8. The SMILES string of the molecule is CCC(C)(C)SSCOCCCCOC(=O)CCC#Cc1cn([C@H]2C[C@H](OCS(C)=S)[C@@H](COP(=O)(O)OP(=O)(O)OP(=O)(O)O)O2)c2ncnc(N)c12.CCOC(=O)NCCOCCOCCCC(=O)c1ccc(C(=O)O)c(C2=c3cc4c5c(c3Oc3c2cc2c6c3CCCN6CCC2)CCC[N+]=5CCC4)c1. The van der Waals surface area contributed by atoms with Crippen molar-refractivity contribution in [2.75, 3.05) is 114 Å². The molecule has 37 heteroatoms. The Kier molecular flexibility index (Phi) is 30.7. The third kappa shape index (κ3) is 23.0. The fourth-order valence-electron chi connectivity index (χ4n) is 13.6. The zero-order valence-electron chi connectivity index (χ0n) is 61.1. The van der Waals surface area contributed by atoms with Crippen LogP contribution in [0, 0.1) is 11.8 Å². The van der Waals surface area contributed by atoms with E-state index in [2.05, 4.69) is 78.1 Å². The number of hydrogen-bond donors (Lipinski definition) is 7. The second kappa shape index (κ2) is 39.1. The van der Waals surface area contributed by atoms with Crippen molar-refractivity contribution in [3.8, 4) is 23.3 Å². The van der Waals surface area contributed by atoms with Gasteiger partial charge in [0.1, 0.15) is 60.7 Å². The van der Waals surface area contributed by atoms with Crippen molar-refractivity contribution >= 4 is 118 Å². The number of aryl methyl sites for hydroxylation is 2. The van der Waals surface area contributed by atoms with Crippen LogP contribution in [0.2, 0.25) is 0 Å². The zero-order valence-corrected chi connectivity index (χ0v) is 67.0. The van der Waals surface area contributed by atoms with Gasteiger partial charge in [0.25, 0.3) is 0 Å². The van der Waals surface area contributed by atoms with Gasteiger partial charge in [0.05, 0.1) is 80.2 Å². The molecule has 108 heavy (non-hydrogen) atoms. The molecule has 8 heterocycles. The lowest BCUT2D eigenvalue weighted by Gasteiger charge is -2.39. The van der Waals surface area contributed by atoms with Crippen molar-refractivity contribution in [1.82, 2.24) is 24.4 Å². The first-order valence-corrected chi connectivity index (χ1v) is 45.6. The standard InChI is InChI=1S/C43H49N3O8.C28H45N4O15P3S4/c1-2-53-43(50)44-15-21-52-23-22-51-20-7-12-36(47)27-13-14-30(42(48)49)33(24-27)37-34-25-28-8-3-16-45-18-5-10-31(38(28)45)40(34)54-41-32-11-6-19-46-17-4-9-29(39(32)46)26-35(37)41;1-5-28(2,3)53-52-18-41-12-8-9-13-42-24(33)11-7-6-10-20-15-32(27-25(20)26(29)30-17-31-27)23-14-21(43-19-54(4)51)22(45-23)16-44-49(37,38)47-50(39,40)46-48(34,35)36/h13-14,24-26H,2-12,15-23H2,1H3,(H-,44,48,49,50);15,17,21-23H,5,7-9,11-14,16,18-19H2,1-4H3,(H,37,38)(H,39,40)(H2,29,30,31)(H2,34,35,36)/p+1/t;21-,22+,23+,54?/m.0/s1. The summed E-state index contributed by atoms with van der Waals surface area (Å²) in [6.07, 6.45) is 13.2. The molecule has 3 aromatic carbocycles. The van der Waals surface area contributed by atoms with E-state index >= 15 is 0 Å². The number of nitrogens with one attached hydrogen (secondary N) is 1. The average molecular weight is 1640 g/mol. The molecule has 8 N–H and O–H groups in total. The Labute approximate surface area is 641 Å². The van der Waals surface area contributed by atoms with Crippen LogP contribution in [0.4, 0.5) is 16.3 Å². The topological polar surface area (TPSA) is 397 Å². The number of alkyl carbamates (subject to hydrolysis) is 1. The number of phosphoric ester groups is 1. The largest absolute Gasteiger partial charge is 0.490 e. The number of hydrogen-bond acceptors (Lipinski definition) is 25. The molecule has 0 bridgehead atoms. The van der Waals surface area contributed by atoms with Crippen LogP contribution in [0.1, 0.15) is 171 Å². The maximum Gasteiger partial charge on any atom is 0.490 e. The van der Waals surface area contributed by atoms with E-state index in [1.165, 1.54) is 39.6 Å². The number of Topliss-reactive ketones (excluding diaryl/α,β-unsaturated/α-hetero) is 1. The number of anilines is 2. The van der Waals surface area contributed by atoms with Gasteiger partial charge in [-0.15, -0.1) is 0 Å². The normalized spacial score (nSPS) is 18.5. The number of carbonyl (C=O) groups is 4. The molecule has 0 spiro atoms. The Morgan fingerprint density at radius 2 is 1.57 bits per heavy atom. The molecule has 6 atom stereocenters. The van der Waals surface area contributed by atoms with Crippen LogP contribution >= 0.6 is 45.1 Å². The highest BCUT2D eigenvalue weighted by Gasteiger charge is 2.45. The van der Waals surface area contributed by atoms with Gasteiger partial charge in [-0.05, 0) is 138 Å². The number of unbranched alkanes of at least 4 members (excludes halogenated alkanes) is 1. The lowest BCUT2D eigenvalue weighted by molar-refractivity contribution is -0.143. The summed E-state index contributed by atoms with van der Waals surface area (Å²) in [4.78, 5) is 98.2. The minimum atomic E-state index is -5.72. The number of esters is 1. The number of aromatic nitrogens is 3. The van der Waals surface area contributed by atoms with Crippen LogP contribution in [0.5, 0.6) is 11.5 Å². The van der Waals surface area contributed by atoms with E-state index in [1.54, 1.807) is 57.7 Å². The highest BCUT2D eigenvalue weighted by molar-refractivity contribution is 8.77. The van der Waals surface area contributed by atoms with Crippen molar-refractivity contribution in [3.05, 3.63) is 104 Å². The summed E-state index contributed by atoms with van der Waals surface area (Å²) in [5.74, 6) is 7.05. The number of rotatable bonds is 37. The molecule has 30 nitrogen and oxygen atoms in total. The minimum absolute atomic E-state index is 0.0569. The first-order valence-electron chi connectivity index (χ1n) is 36.0. The van der Waals surface area contributed by atoms with Gasteiger partial charge in [0.2, 0.25) is 5.36 Å². The Hall–Kier alpha value is -5.73. The van der Waals surface area contributed by atoms with Gasteiger partial charge in [-0.2, -0.15) is 8.62 Å². The zero-order chi connectivity index (χ0) is 77.3. The molecule has 2 aromatic heterocycles. The summed E-state index contributed by atoms with van der Waals surface area (Å²) in [6, 6.07) is 9.59. The van der Waals surface area contributed by atoms with Crippen LogP contribution in [-0.4, -0.2) is 184 Å². The summed E-state index contributed by atoms with van der Waals surface area (Å²) in [5.41, 5.74) is 16.4. The third-order valence-corrected chi connectivity index (χ3v) is 26.3. The summed E-state index contributed by atoms with van der Waals surface area (Å²) in [6.45, 7) is 14.7. The predicted molar refractivity (Wildman–Crippen MR) is 411 cm³/mol. The van der Waals surface area contributed by atoms with Crippen LogP contribution in [-0.2, 0) is 111 Å². The van der Waals surface area contributed by atoms with E-state index in [0.29, 0.717) is 92.7 Å². The number of carbonyl (C=O) groups excluding carboxylic acids is 3. The monoisotopic (exact) mass is 1630 g/mol. The van der Waals surface area contributed by atoms with Crippen LogP contribution < -0.4 is 35.8 Å². The van der Waals surface area contributed by atoms with Gasteiger partial charge in [0.15, 0.2) is 5.78 Å². The molecule has 0 radical (unpaired) electrons. The van der Waals surface area contributed by atoms with Crippen LogP contribution in [0.3, 0.4) is 0 Å². The number of amides is 1. The Morgan fingerprint density at radius 3 is 2.32 bits per heavy atom. The number of carboxylic acids is 1. The van der Waals surface area contributed by atoms with Crippen molar-refractivity contribution < 1.29 is 109 Å². The molecule has 11 rings (SSSR count). The van der Waals surface area contributed by atoms with E-state index in [9.17, 15) is 47.8 Å². The number of aromatic carboxylic acids is 1. The first-order chi connectivity index (χ1) is 51.6. The number of benzene rings is 3. The van der Waals surface area contributed by atoms with Gasteiger partial charge in [-0.1, -0.05) is 55.9 Å². The van der Waals surface area contributed by atoms with E-state index < -0.39 is 70.0 Å².